The zero-order chi connectivity index (χ0) is 22.6. The fraction of sp³-hybridized carbons (Fsp3) is 0.680. The van der Waals surface area contributed by atoms with Crippen LogP contribution >= 0.6 is 0 Å². The van der Waals surface area contributed by atoms with E-state index < -0.39 is 0 Å². The maximum atomic E-state index is 12.7. The summed E-state index contributed by atoms with van der Waals surface area (Å²) in [7, 11) is 0. The zero-order valence-electron chi connectivity index (χ0n) is 20.0. The van der Waals surface area contributed by atoms with Gasteiger partial charge < -0.3 is 19.9 Å². The standard InChI is InChI=1S/C25H41N5O2/c1-3-26-25(27-13-9-20-32-21-12-23-10-5-4-6-11-23)30-18-16-28(17-19-30)22(2)24(31)29-14-7-8-15-29/h4-6,10-11,22H,3,7-9,12-21H2,1-2H3,(H,26,27). The molecule has 2 fully saturated rings. The fourth-order valence-corrected chi connectivity index (χ4v) is 4.39. The van der Waals surface area contributed by atoms with Crippen LogP contribution in [0.4, 0.5) is 0 Å². The molecule has 0 aromatic heterocycles. The summed E-state index contributed by atoms with van der Waals surface area (Å²) in [6, 6.07) is 10.4. The number of carbonyl (C=O) groups is 1. The lowest BCUT2D eigenvalue weighted by Crippen LogP contribution is -2.57. The lowest BCUT2D eigenvalue weighted by atomic mass is 10.2. The molecule has 1 atom stereocenters. The van der Waals surface area contributed by atoms with Crippen molar-refractivity contribution in [2.75, 3.05) is 65.6 Å². The highest BCUT2D eigenvalue weighted by Crippen LogP contribution is 2.14. The van der Waals surface area contributed by atoms with Crippen molar-refractivity contribution in [3.05, 3.63) is 35.9 Å². The van der Waals surface area contributed by atoms with E-state index in [-0.39, 0.29) is 6.04 Å². The van der Waals surface area contributed by atoms with Crippen molar-refractivity contribution < 1.29 is 9.53 Å². The van der Waals surface area contributed by atoms with E-state index in [0.717, 1.165) is 97.2 Å². The highest BCUT2D eigenvalue weighted by Gasteiger charge is 2.30. The monoisotopic (exact) mass is 443 g/mol. The molecule has 1 amide bonds. The molecule has 0 saturated carbocycles. The topological polar surface area (TPSA) is 60.4 Å². The molecule has 2 aliphatic rings. The third kappa shape index (κ3) is 7.48. The van der Waals surface area contributed by atoms with Crippen LogP contribution in [0.3, 0.4) is 0 Å². The van der Waals surface area contributed by atoms with E-state index >= 15 is 0 Å². The summed E-state index contributed by atoms with van der Waals surface area (Å²) in [6.07, 6.45) is 4.17. The van der Waals surface area contributed by atoms with Crippen molar-refractivity contribution in [3.8, 4) is 0 Å². The van der Waals surface area contributed by atoms with E-state index in [9.17, 15) is 4.79 Å². The first-order valence-electron chi connectivity index (χ1n) is 12.4. The van der Waals surface area contributed by atoms with Gasteiger partial charge in [0.1, 0.15) is 0 Å². The molecule has 32 heavy (non-hydrogen) atoms. The molecule has 2 aliphatic heterocycles. The van der Waals surface area contributed by atoms with Gasteiger partial charge in [-0.15, -0.1) is 0 Å². The first-order chi connectivity index (χ1) is 15.7. The highest BCUT2D eigenvalue weighted by molar-refractivity contribution is 5.82. The number of benzene rings is 1. The second-order valence-electron chi connectivity index (χ2n) is 8.67. The van der Waals surface area contributed by atoms with Crippen molar-refractivity contribution in [3.63, 3.8) is 0 Å². The number of nitrogens with one attached hydrogen (secondary N) is 1. The minimum atomic E-state index is -0.0252. The van der Waals surface area contributed by atoms with E-state index in [2.05, 4.69) is 53.2 Å². The lowest BCUT2D eigenvalue weighted by molar-refractivity contribution is -0.135. The smallest absolute Gasteiger partial charge is 0.239 e. The number of carbonyl (C=O) groups excluding carboxylic acids is 1. The zero-order valence-corrected chi connectivity index (χ0v) is 20.0. The van der Waals surface area contributed by atoms with Gasteiger partial charge >= 0.3 is 0 Å². The summed E-state index contributed by atoms with van der Waals surface area (Å²) < 4.78 is 5.78. The molecule has 1 N–H and O–H groups in total. The van der Waals surface area contributed by atoms with Crippen molar-refractivity contribution in [2.45, 2.75) is 45.6 Å². The van der Waals surface area contributed by atoms with Crippen LogP contribution in [0, 0.1) is 0 Å². The Labute approximate surface area is 193 Å². The SMILES string of the molecule is CCNC(=NCCCOCCc1ccccc1)N1CCN(C(C)C(=O)N2CCCC2)CC1. The Bertz CT molecular complexity index is 698. The van der Waals surface area contributed by atoms with Gasteiger partial charge in [-0.05, 0) is 45.1 Å². The van der Waals surface area contributed by atoms with E-state index in [1.165, 1.54) is 5.56 Å². The second-order valence-corrected chi connectivity index (χ2v) is 8.67. The minimum absolute atomic E-state index is 0.0252. The third-order valence-corrected chi connectivity index (χ3v) is 6.36. The number of amides is 1. The Morgan fingerprint density at radius 2 is 1.75 bits per heavy atom. The maximum Gasteiger partial charge on any atom is 0.239 e. The average molecular weight is 444 g/mol. The summed E-state index contributed by atoms with van der Waals surface area (Å²) in [6.45, 7) is 12.7. The average Bonchev–Trinajstić information content (AvgIpc) is 3.38. The first-order valence-corrected chi connectivity index (χ1v) is 12.4. The molecular formula is C25H41N5O2. The van der Waals surface area contributed by atoms with Gasteiger partial charge in [0.05, 0.1) is 12.6 Å². The van der Waals surface area contributed by atoms with Crippen LogP contribution in [-0.2, 0) is 16.0 Å². The number of likely N-dealkylation sites (tertiary alicyclic amines) is 1. The summed E-state index contributed by atoms with van der Waals surface area (Å²) >= 11 is 0. The van der Waals surface area contributed by atoms with E-state index in [1.807, 2.05) is 11.0 Å². The summed E-state index contributed by atoms with van der Waals surface area (Å²) in [5, 5.41) is 3.43. The molecule has 7 heteroatoms. The summed E-state index contributed by atoms with van der Waals surface area (Å²) in [5.74, 6) is 1.28. The summed E-state index contributed by atoms with van der Waals surface area (Å²) in [4.78, 5) is 24.2. The van der Waals surface area contributed by atoms with Gasteiger partial charge in [-0.2, -0.15) is 0 Å². The number of rotatable bonds is 10. The van der Waals surface area contributed by atoms with Crippen molar-refractivity contribution in [1.29, 1.82) is 0 Å². The molecule has 0 aliphatic carbocycles. The summed E-state index contributed by atoms with van der Waals surface area (Å²) in [5.41, 5.74) is 1.32. The Kier molecular flexibility index (Phi) is 10.3. The lowest BCUT2D eigenvalue weighted by Gasteiger charge is -2.39. The number of aliphatic imine (C=N–C) groups is 1. The molecule has 7 nitrogen and oxygen atoms in total. The molecular weight excluding hydrogens is 402 g/mol. The molecule has 2 heterocycles. The molecule has 1 aromatic rings. The van der Waals surface area contributed by atoms with Crippen molar-refractivity contribution in [1.82, 2.24) is 20.0 Å². The maximum absolute atomic E-state index is 12.7. The molecule has 1 unspecified atom stereocenters. The Balaban J connectivity index is 1.35. The van der Waals surface area contributed by atoms with Crippen LogP contribution in [0.1, 0.15) is 38.7 Å². The Hall–Kier alpha value is -2.12. The van der Waals surface area contributed by atoms with Crippen LogP contribution in [0.15, 0.2) is 35.3 Å². The molecule has 1 aromatic carbocycles. The van der Waals surface area contributed by atoms with Gasteiger partial charge in [-0.3, -0.25) is 14.7 Å². The van der Waals surface area contributed by atoms with Crippen LogP contribution < -0.4 is 5.32 Å². The number of hydrogen-bond acceptors (Lipinski definition) is 4. The van der Waals surface area contributed by atoms with E-state index in [0.29, 0.717) is 5.91 Å². The van der Waals surface area contributed by atoms with Crippen molar-refractivity contribution >= 4 is 11.9 Å². The van der Waals surface area contributed by atoms with Gasteiger partial charge in [0.15, 0.2) is 5.96 Å². The van der Waals surface area contributed by atoms with Crippen LogP contribution in [-0.4, -0.2) is 98.2 Å². The fourth-order valence-electron chi connectivity index (χ4n) is 4.39. The number of nitrogens with zero attached hydrogens (tertiary/aromatic N) is 4. The molecule has 2 saturated heterocycles. The molecule has 0 spiro atoms. The largest absolute Gasteiger partial charge is 0.381 e. The molecule has 0 radical (unpaired) electrons. The van der Waals surface area contributed by atoms with Crippen LogP contribution in [0.25, 0.3) is 0 Å². The third-order valence-electron chi connectivity index (χ3n) is 6.36. The normalized spacial score (nSPS) is 18.8. The van der Waals surface area contributed by atoms with E-state index in [1.54, 1.807) is 0 Å². The van der Waals surface area contributed by atoms with Gasteiger partial charge in [0.2, 0.25) is 5.91 Å². The number of hydrogen-bond donors (Lipinski definition) is 1. The first kappa shape index (κ1) is 24.5. The van der Waals surface area contributed by atoms with Gasteiger partial charge in [-0.25, -0.2) is 0 Å². The number of piperazine rings is 1. The Morgan fingerprint density at radius 1 is 1.03 bits per heavy atom. The van der Waals surface area contributed by atoms with E-state index in [4.69, 9.17) is 9.73 Å². The second kappa shape index (κ2) is 13.4. The minimum Gasteiger partial charge on any atom is -0.381 e. The van der Waals surface area contributed by atoms with Gasteiger partial charge in [0.25, 0.3) is 0 Å². The molecule has 178 valence electrons. The van der Waals surface area contributed by atoms with Gasteiger partial charge in [0, 0.05) is 59.0 Å². The van der Waals surface area contributed by atoms with Gasteiger partial charge in [-0.1, -0.05) is 30.3 Å². The predicted molar refractivity (Wildman–Crippen MR) is 130 cm³/mol. The number of guanidine groups is 1. The molecule has 0 bridgehead atoms. The predicted octanol–water partition coefficient (Wildman–Crippen LogP) is 2.23. The van der Waals surface area contributed by atoms with Crippen molar-refractivity contribution in [2.24, 2.45) is 4.99 Å². The number of ether oxygens (including phenoxy) is 1. The quantitative estimate of drug-likeness (QED) is 0.341. The highest BCUT2D eigenvalue weighted by atomic mass is 16.5. The Morgan fingerprint density at radius 3 is 2.44 bits per heavy atom. The van der Waals surface area contributed by atoms with Crippen LogP contribution in [0.2, 0.25) is 0 Å². The molecule has 3 rings (SSSR count). The van der Waals surface area contributed by atoms with Crippen LogP contribution in [0.5, 0.6) is 0 Å².